The third-order valence-corrected chi connectivity index (χ3v) is 11.4. The lowest BCUT2D eigenvalue weighted by molar-refractivity contribution is -0.145. The Morgan fingerprint density at radius 1 is 0.610 bits per heavy atom. The van der Waals surface area contributed by atoms with Gasteiger partial charge in [0.25, 0.3) is 0 Å². The number of amides is 4. The highest BCUT2D eigenvalue weighted by molar-refractivity contribution is 7.60. The van der Waals surface area contributed by atoms with Crippen LogP contribution in [-0.4, -0.2) is 119 Å². The Kier molecular flexibility index (Phi) is 32.8. The maximum absolute atomic E-state index is 14.2. The van der Waals surface area contributed by atoms with Crippen molar-refractivity contribution in [3.63, 3.8) is 0 Å². The molecule has 12 N–H and O–H groups in total. The minimum atomic E-state index is -1.70. The van der Waals surface area contributed by atoms with Gasteiger partial charge in [-0.25, -0.2) is 14.0 Å². The van der Waals surface area contributed by atoms with Gasteiger partial charge in [-0.15, -0.1) is 0 Å². The lowest BCUT2D eigenvalue weighted by Gasteiger charge is -2.18. The van der Waals surface area contributed by atoms with Crippen LogP contribution in [0.3, 0.4) is 0 Å². The van der Waals surface area contributed by atoms with Crippen LogP contribution < -0.4 is 27.0 Å². The highest BCUT2D eigenvalue weighted by Crippen LogP contribution is 2.33. The zero-order valence-corrected chi connectivity index (χ0v) is 46.3. The number of hydrogen-bond donors (Lipinski definition) is 11. The smallest absolute Gasteiger partial charge is 0.326 e. The molecule has 0 saturated heterocycles. The molecule has 4 amide bonds. The number of carboxylic acids is 5. The quantitative estimate of drug-likeness (QED) is 0.0354. The van der Waals surface area contributed by atoms with Gasteiger partial charge < -0.3 is 52.5 Å². The van der Waals surface area contributed by atoms with Crippen molar-refractivity contribution >= 4 is 155 Å². The molecule has 0 fully saturated rings. The van der Waals surface area contributed by atoms with Gasteiger partial charge in [0.2, 0.25) is 23.6 Å². The van der Waals surface area contributed by atoms with Crippen LogP contribution in [0.5, 0.6) is 0 Å². The summed E-state index contributed by atoms with van der Waals surface area (Å²) in [5.74, 6) is -15.1. The first kappa shape index (κ1) is 72.4. The predicted octanol–water partition coefficient (Wildman–Crippen LogP) is 3.74. The fraction of sp³-hybridized carbons (Fsp3) is 0.375. The molecule has 0 unspecified atom stereocenters. The minimum absolute atomic E-state index is 0. The Labute approximate surface area is 475 Å². The molecule has 0 radical (unpaired) electrons. The van der Waals surface area contributed by atoms with Gasteiger partial charge in [-0.1, -0.05) is 42.0 Å². The van der Waals surface area contributed by atoms with Gasteiger partial charge in [0.05, 0.1) is 41.6 Å². The van der Waals surface area contributed by atoms with Crippen LogP contribution in [-0.2, 0) is 59.2 Å². The molecule has 4 rings (SSSR count). The van der Waals surface area contributed by atoms with E-state index in [0.717, 1.165) is 5.56 Å². The highest BCUT2D eigenvalue weighted by atomic mass is 32.1. The standard InChI is InChI=1S/C48H54FN7O16.5H2S/c1-24-5-14-33(49)28(19-24)22-39(60)51-29-10-6-25(7-11-29)32-3-2-4-35-42(32)43(56-55-35)54-40(61)23-34(50)44(64)53-37(48(71)72)16-13-31(58)20-26(45(65)66)8-17-38(59)52-36(47(69)70)15-12-30(57)21-27(46(67)68)9-18-41(62)63;;;;;/h2-7,10-11,14,19,26-27,34,36-37H,8-9,12-13,15-18,20-23,50H2,1H3,(H,51,60)(H,52,59)(H,53,64)(H,62,63)(H,65,66)(H,67,68)(H,69,70)(H,71,72)(H2,54,55,56,61);5*1H2/t26-,27-,34+,36+,37+;;;;;/m1...../s1. The predicted molar refractivity (Wildman–Crippen MR) is 303 cm³/mol. The second kappa shape index (κ2) is 34.9. The molecule has 0 aliphatic heterocycles. The van der Waals surface area contributed by atoms with E-state index >= 15 is 0 Å². The largest absolute Gasteiger partial charge is 0.481 e. The molecule has 0 saturated carbocycles. The molecule has 77 heavy (non-hydrogen) atoms. The average molecular weight is 1170 g/mol. The molecule has 4 aromatic rings. The summed E-state index contributed by atoms with van der Waals surface area (Å²) in [6.07, 6.45) is -5.91. The summed E-state index contributed by atoms with van der Waals surface area (Å²) in [4.78, 5) is 135. The van der Waals surface area contributed by atoms with Gasteiger partial charge in [-0.3, -0.25) is 48.2 Å². The summed E-state index contributed by atoms with van der Waals surface area (Å²) in [5, 5.41) is 64.2. The Balaban J connectivity index is 0. The molecule has 23 nitrogen and oxygen atoms in total. The number of aromatic nitrogens is 2. The van der Waals surface area contributed by atoms with Gasteiger partial charge in [0.1, 0.15) is 29.5 Å². The number of carbonyl (C=O) groups excluding carboxylic acids is 6. The van der Waals surface area contributed by atoms with E-state index in [2.05, 4.69) is 31.5 Å². The van der Waals surface area contributed by atoms with Gasteiger partial charge in [0.15, 0.2) is 5.82 Å². The SMILES string of the molecule is Cc1ccc(F)c(CC(=O)Nc2ccc(-c3cccc4[nH]nc(NC(=O)C[C@H](N)C(=O)N[C@@H](CCC(=O)C[C@@H](CCC(=O)N[C@@H](CCC(=O)C[C@@H](CCC(=O)O)C(=O)O)C(=O)O)C(=O)O)C(=O)O)c34)cc2)c1.S.S.S.S.S. The van der Waals surface area contributed by atoms with Crippen molar-refractivity contribution in [2.45, 2.75) is 102 Å². The fourth-order valence-electron chi connectivity index (χ4n) is 7.48. The Bertz CT molecular complexity index is 2730. The molecule has 0 spiro atoms. The third kappa shape index (κ3) is 23.6. The first-order chi connectivity index (χ1) is 34.0. The van der Waals surface area contributed by atoms with Crippen molar-refractivity contribution < 1.29 is 82.7 Å². The number of fused-ring (bicyclic) bond motifs is 1. The summed E-state index contributed by atoms with van der Waals surface area (Å²) in [6, 6.07) is 11.5. The Hall–Kier alpha value is -6.66. The van der Waals surface area contributed by atoms with E-state index in [1.165, 1.54) is 6.07 Å². The molecule has 0 aliphatic rings. The number of carboxylic acid groups (broad SMARTS) is 5. The van der Waals surface area contributed by atoms with E-state index < -0.39 is 165 Å². The molecule has 1 aromatic heterocycles. The number of aryl methyl sites for hydroxylation is 1. The van der Waals surface area contributed by atoms with Crippen molar-refractivity contribution in [3.8, 4) is 11.1 Å². The number of rotatable bonds is 30. The number of nitrogens with two attached hydrogens (primary N) is 1. The maximum atomic E-state index is 14.2. The molecule has 0 bridgehead atoms. The Morgan fingerprint density at radius 2 is 1.16 bits per heavy atom. The van der Waals surface area contributed by atoms with Crippen LogP contribution in [0, 0.1) is 24.6 Å². The van der Waals surface area contributed by atoms with Crippen LogP contribution in [0.25, 0.3) is 22.0 Å². The first-order valence-corrected chi connectivity index (χ1v) is 22.4. The number of anilines is 2. The number of H-pyrrole nitrogens is 1. The van der Waals surface area contributed by atoms with Crippen LogP contribution in [0.15, 0.2) is 60.7 Å². The van der Waals surface area contributed by atoms with Crippen molar-refractivity contribution in [2.75, 3.05) is 10.6 Å². The van der Waals surface area contributed by atoms with Crippen molar-refractivity contribution in [1.29, 1.82) is 0 Å². The number of benzene rings is 3. The number of aliphatic carboxylic acids is 5. The van der Waals surface area contributed by atoms with Crippen molar-refractivity contribution in [1.82, 2.24) is 20.8 Å². The lowest BCUT2D eigenvalue weighted by Crippen LogP contribution is -2.49. The van der Waals surface area contributed by atoms with E-state index in [4.69, 9.17) is 10.8 Å². The zero-order chi connectivity index (χ0) is 53.2. The molecular formula is C48H64FN7O16S5. The molecule has 3 aromatic carbocycles. The zero-order valence-electron chi connectivity index (χ0n) is 41.3. The van der Waals surface area contributed by atoms with E-state index in [-0.39, 0.29) is 91.7 Å². The average Bonchev–Trinajstić information content (AvgIpc) is 3.72. The number of hydrogen-bond acceptors (Lipinski definition) is 13. The minimum Gasteiger partial charge on any atom is -0.481 e. The highest BCUT2D eigenvalue weighted by Gasteiger charge is 2.30. The third-order valence-electron chi connectivity index (χ3n) is 11.4. The second-order valence-corrected chi connectivity index (χ2v) is 17.0. The van der Waals surface area contributed by atoms with Crippen LogP contribution in [0.2, 0.25) is 0 Å². The molecule has 424 valence electrons. The van der Waals surface area contributed by atoms with Crippen molar-refractivity contribution in [3.05, 3.63) is 77.6 Å². The number of Topliss-reactive ketones (excluding diaryl/α,β-unsaturated/α-hetero) is 2. The summed E-state index contributed by atoms with van der Waals surface area (Å²) in [6.45, 7) is 1.79. The van der Waals surface area contributed by atoms with Crippen LogP contribution in [0.1, 0.15) is 81.8 Å². The lowest BCUT2D eigenvalue weighted by atomic mass is 9.94. The number of aromatic amines is 1. The molecule has 0 aliphatic carbocycles. The van der Waals surface area contributed by atoms with E-state index in [9.17, 15) is 77.6 Å². The van der Waals surface area contributed by atoms with Crippen LogP contribution >= 0.6 is 67.5 Å². The first-order valence-electron chi connectivity index (χ1n) is 22.4. The fourth-order valence-corrected chi connectivity index (χ4v) is 7.48. The monoisotopic (exact) mass is 1170 g/mol. The van der Waals surface area contributed by atoms with Crippen molar-refractivity contribution in [2.24, 2.45) is 17.6 Å². The normalized spacial score (nSPS) is 12.2. The van der Waals surface area contributed by atoms with E-state index in [1.807, 2.05) is 0 Å². The van der Waals surface area contributed by atoms with E-state index in [0.29, 0.717) is 27.7 Å². The number of nitrogens with zero attached hydrogens (tertiary/aromatic N) is 1. The number of carbonyl (C=O) groups is 11. The summed E-state index contributed by atoms with van der Waals surface area (Å²) >= 11 is 0. The molecule has 5 atom stereocenters. The van der Waals surface area contributed by atoms with E-state index in [1.54, 1.807) is 61.5 Å². The summed E-state index contributed by atoms with van der Waals surface area (Å²) in [7, 11) is 0. The topological polar surface area (TPSA) is 392 Å². The Morgan fingerprint density at radius 3 is 1.69 bits per heavy atom. The van der Waals surface area contributed by atoms with Crippen LogP contribution in [0.4, 0.5) is 15.9 Å². The van der Waals surface area contributed by atoms with Gasteiger partial charge in [0, 0.05) is 44.2 Å². The number of ketones is 2. The van der Waals surface area contributed by atoms with Gasteiger partial charge in [-0.2, -0.15) is 72.6 Å². The second-order valence-electron chi connectivity index (χ2n) is 17.0. The molecule has 1 heterocycles. The maximum Gasteiger partial charge on any atom is 0.326 e. The molecular weight excluding hydrogens is 1110 g/mol. The van der Waals surface area contributed by atoms with Gasteiger partial charge in [-0.05, 0) is 73.6 Å². The molecule has 29 heteroatoms. The summed E-state index contributed by atoms with van der Waals surface area (Å²) in [5.41, 5.74) is 9.30. The van der Waals surface area contributed by atoms with Gasteiger partial charge >= 0.3 is 29.8 Å². The number of nitrogens with one attached hydrogen (secondary N) is 5. The number of halogens is 1. The summed E-state index contributed by atoms with van der Waals surface area (Å²) < 4.78 is 14.2.